The molecule has 1 aromatic heterocycles. The average Bonchev–Trinajstić information content (AvgIpc) is 3.17. The van der Waals surface area contributed by atoms with Crippen molar-refractivity contribution in [3.8, 4) is 0 Å². The molecule has 0 saturated carbocycles. The highest BCUT2D eigenvalue weighted by molar-refractivity contribution is 7.80. The van der Waals surface area contributed by atoms with Crippen molar-refractivity contribution in [1.82, 2.24) is 20.9 Å². The standard InChI is InChI=1S/C20H27N5O6S/c1-10(26)17(20(30)31)25-16(27)8-23-19(29)15(24-18(28)13(21)9-32)6-11-7-22-14-5-3-2-4-12(11)14/h2-5,7,10,13,15,17,22,26,32H,6,8-9,21H2,1H3,(H,23,29)(H,24,28)(H,25,27)(H,30,31). The van der Waals surface area contributed by atoms with E-state index >= 15 is 0 Å². The highest BCUT2D eigenvalue weighted by Gasteiger charge is 2.27. The van der Waals surface area contributed by atoms with Crippen LogP contribution >= 0.6 is 12.6 Å². The number of aliphatic hydroxyl groups excluding tert-OH is 1. The average molecular weight is 466 g/mol. The Hall–Kier alpha value is -3.09. The van der Waals surface area contributed by atoms with E-state index in [1.807, 2.05) is 24.3 Å². The molecule has 0 aliphatic rings. The second-order valence-electron chi connectivity index (χ2n) is 7.26. The number of carbonyl (C=O) groups is 4. The molecule has 174 valence electrons. The zero-order valence-corrected chi connectivity index (χ0v) is 18.3. The molecule has 32 heavy (non-hydrogen) atoms. The van der Waals surface area contributed by atoms with Crippen LogP contribution in [0.5, 0.6) is 0 Å². The summed E-state index contributed by atoms with van der Waals surface area (Å²) in [7, 11) is 0. The van der Waals surface area contributed by atoms with Crippen LogP contribution in [-0.2, 0) is 25.6 Å². The van der Waals surface area contributed by atoms with Crippen LogP contribution in [-0.4, -0.2) is 75.4 Å². The monoisotopic (exact) mass is 465 g/mol. The van der Waals surface area contributed by atoms with Gasteiger partial charge in [-0.2, -0.15) is 12.6 Å². The van der Waals surface area contributed by atoms with Gasteiger partial charge in [0.2, 0.25) is 17.7 Å². The summed E-state index contributed by atoms with van der Waals surface area (Å²) in [6.07, 6.45) is 0.514. The first-order chi connectivity index (χ1) is 15.1. The third-order valence-corrected chi connectivity index (χ3v) is 5.15. The number of aliphatic hydroxyl groups is 1. The molecule has 0 aliphatic heterocycles. The lowest BCUT2D eigenvalue weighted by atomic mass is 10.0. The zero-order chi connectivity index (χ0) is 23.8. The van der Waals surface area contributed by atoms with Crippen LogP contribution in [0.4, 0.5) is 0 Å². The van der Waals surface area contributed by atoms with E-state index < -0.39 is 54.5 Å². The van der Waals surface area contributed by atoms with E-state index in [2.05, 4.69) is 33.6 Å². The molecule has 1 aromatic carbocycles. The van der Waals surface area contributed by atoms with Gasteiger partial charge in [-0.05, 0) is 18.6 Å². The van der Waals surface area contributed by atoms with Gasteiger partial charge < -0.3 is 36.9 Å². The SMILES string of the molecule is CC(O)C(NC(=O)CNC(=O)C(Cc1c[nH]c2ccccc12)NC(=O)C(N)CS)C(=O)O. The number of carboxylic acids is 1. The number of hydrogen-bond acceptors (Lipinski definition) is 7. The number of para-hydroxylation sites is 1. The van der Waals surface area contributed by atoms with E-state index in [0.717, 1.165) is 16.5 Å². The Balaban J connectivity index is 2.10. The van der Waals surface area contributed by atoms with Crippen LogP contribution in [0, 0.1) is 0 Å². The van der Waals surface area contributed by atoms with Gasteiger partial charge >= 0.3 is 5.97 Å². The van der Waals surface area contributed by atoms with E-state index in [-0.39, 0.29) is 12.2 Å². The summed E-state index contributed by atoms with van der Waals surface area (Å²) < 4.78 is 0. The lowest BCUT2D eigenvalue weighted by Gasteiger charge is -2.21. The van der Waals surface area contributed by atoms with Crippen LogP contribution in [0.1, 0.15) is 12.5 Å². The van der Waals surface area contributed by atoms with Crippen molar-refractivity contribution in [1.29, 1.82) is 0 Å². The number of nitrogens with one attached hydrogen (secondary N) is 4. The maximum absolute atomic E-state index is 12.8. The number of fused-ring (bicyclic) bond motifs is 1. The quantitative estimate of drug-likeness (QED) is 0.186. The largest absolute Gasteiger partial charge is 0.480 e. The number of amides is 3. The number of hydrogen-bond donors (Lipinski definition) is 8. The predicted molar refractivity (Wildman–Crippen MR) is 120 cm³/mol. The minimum atomic E-state index is -1.52. The lowest BCUT2D eigenvalue weighted by Crippen LogP contribution is -2.55. The minimum Gasteiger partial charge on any atom is -0.480 e. The van der Waals surface area contributed by atoms with Crippen molar-refractivity contribution < 1.29 is 29.4 Å². The molecule has 0 saturated heterocycles. The Labute approximate surface area is 189 Å². The zero-order valence-electron chi connectivity index (χ0n) is 17.4. The molecule has 0 spiro atoms. The van der Waals surface area contributed by atoms with Crippen LogP contribution in [0.15, 0.2) is 30.5 Å². The predicted octanol–water partition coefficient (Wildman–Crippen LogP) is -1.48. The molecule has 4 atom stereocenters. The van der Waals surface area contributed by atoms with Crippen LogP contribution in [0.3, 0.4) is 0 Å². The summed E-state index contributed by atoms with van der Waals surface area (Å²) in [4.78, 5) is 51.3. The Morgan fingerprint density at radius 3 is 2.47 bits per heavy atom. The van der Waals surface area contributed by atoms with Gasteiger partial charge in [0, 0.05) is 29.3 Å². The molecule has 0 fully saturated rings. The normalized spacial score (nSPS) is 14.8. The van der Waals surface area contributed by atoms with Gasteiger partial charge in [0.05, 0.1) is 18.7 Å². The molecule has 2 rings (SSSR count). The van der Waals surface area contributed by atoms with Crippen LogP contribution in [0.2, 0.25) is 0 Å². The topological polar surface area (TPSA) is 187 Å². The van der Waals surface area contributed by atoms with Gasteiger partial charge in [-0.1, -0.05) is 18.2 Å². The molecule has 4 unspecified atom stereocenters. The Kier molecular flexibility index (Phi) is 9.05. The fraction of sp³-hybridized carbons (Fsp3) is 0.400. The van der Waals surface area contributed by atoms with Gasteiger partial charge in [0.25, 0.3) is 0 Å². The number of aromatic nitrogens is 1. The third-order valence-electron chi connectivity index (χ3n) is 4.75. The summed E-state index contributed by atoms with van der Waals surface area (Å²) in [5, 5.41) is 26.4. The Bertz CT molecular complexity index is 978. The fourth-order valence-corrected chi connectivity index (χ4v) is 3.16. The number of H-pyrrole nitrogens is 1. The van der Waals surface area contributed by atoms with Gasteiger partial charge in [0.15, 0.2) is 6.04 Å². The molecule has 11 nitrogen and oxygen atoms in total. The van der Waals surface area contributed by atoms with Gasteiger partial charge in [0.1, 0.15) is 6.04 Å². The first-order valence-electron chi connectivity index (χ1n) is 9.83. The number of aromatic amines is 1. The Morgan fingerprint density at radius 2 is 1.84 bits per heavy atom. The smallest absolute Gasteiger partial charge is 0.328 e. The van der Waals surface area contributed by atoms with Gasteiger partial charge in [-0.15, -0.1) is 0 Å². The number of nitrogens with two attached hydrogens (primary N) is 1. The third kappa shape index (κ3) is 6.70. The fourth-order valence-electron chi connectivity index (χ4n) is 3.00. The van der Waals surface area contributed by atoms with Gasteiger partial charge in [-0.3, -0.25) is 14.4 Å². The highest BCUT2D eigenvalue weighted by Crippen LogP contribution is 2.19. The molecule has 12 heteroatoms. The van der Waals surface area contributed by atoms with E-state index in [0.29, 0.717) is 0 Å². The highest BCUT2D eigenvalue weighted by atomic mass is 32.1. The van der Waals surface area contributed by atoms with Crippen molar-refractivity contribution in [2.24, 2.45) is 5.73 Å². The lowest BCUT2D eigenvalue weighted by molar-refractivity contribution is -0.144. The molecular weight excluding hydrogens is 438 g/mol. The maximum Gasteiger partial charge on any atom is 0.328 e. The molecular formula is C20H27N5O6S. The van der Waals surface area contributed by atoms with Crippen molar-refractivity contribution in [3.63, 3.8) is 0 Å². The first-order valence-corrected chi connectivity index (χ1v) is 10.5. The Morgan fingerprint density at radius 1 is 1.16 bits per heavy atom. The van der Waals surface area contributed by atoms with Crippen molar-refractivity contribution in [3.05, 3.63) is 36.0 Å². The molecule has 0 radical (unpaired) electrons. The summed E-state index contributed by atoms with van der Waals surface area (Å²) in [6, 6.07) is 3.94. The molecule has 3 amide bonds. The first kappa shape index (κ1) is 25.2. The van der Waals surface area contributed by atoms with Gasteiger partial charge in [-0.25, -0.2) is 4.79 Å². The van der Waals surface area contributed by atoms with E-state index in [4.69, 9.17) is 10.8 Å². The second-order valence-corrected chi connectivity index (χ2v) is 7.62. The van der Waals surface area contributed by atoms with Crippen molar-refractivity contribution in [2.75, 3.05) is 12.3 Å². The van der Waals surface area contributed by atoms with E-state index in [1.54, 1.807) is 6.20 Å². The summed E-state index contributed by atoms with van der Waals surface area (Å²) in [5.74, 6) is -3.38. The number of aliphatic carboxylic acids is 1. The number of carboxylic acid groups (broad SMARTS) is 1. The van der Waals surface area contributed by atoms with E-state index in [1.165, 1.54) is 6.92 Å². The minimum absolute atomic E-state index is 0.0750. The molecule has 1 heterocycles. The van der Waals surface area contributed by atoms with Crippen molar-refractivity contribution >= 4 is 47.2 Å². The molecule has 2 aromatic rings. The van der Waals surface area contributed by atoms with Crippen LogP contribution < -0.4 is 21.7 Å². The van der Waals surface area contributed by atoms with Crippen molar-refractivity contribution in [2.45, 2.75) is 37.6 Å². The summed E-state index contributed by atoms with van der Waals surface area (Å²) in [6.45, 7) is 0.670. The van der Waals surface area contributed by atoms with E-state index in [9.17, 15) is 24.3 Å². The second kappa shape index (κ2) is 11.5. The molecule has 0 bridgehead atoms. The summed E-state index contributed by atoms with van der Waals surface area (Å²) >= 11 is 3.99. The molecule has 0 aliphatic carbocycles. The van der Waals surface area contributed by atoms with Crippen LogP contribution in [0.25, 0.3) is 10.9 Å². The molecule has 8 N–H and O–H groups in total. The number of benzene rings is 1. The maximum atomic E-state index is 12.8. The number of thiol groups is 1. The number of rotatable bonds is 11. The number of carbonyl (C=O) groups excluding carboxylic acids is 3. The summed E-state index contributed by atoms with van der Waals surface area (Å²) in [5.41, 5.74) is 7.32.